The van der Waals surface area contributed by atoms with Crippen LogP contribution in [0.5, 0.6) is 0 Å². The Labute approximate surface area is 106 Å². The third-order valence-electron chi connectivity index (χ3n) is 2.17. The van der Waals surface area contributed by atoms with Crippen molar-refractivity contribution in [2.45, 2.75) is 32.1 Å². The van der Waals surface area contributed by atoms with Crippen LogP contribution in [0.3, 0.4) is 0 Å². The van der Waals surface area contributed by atoms with Gasteiger partial charge in [-0.3, -0.25) is 9.59 Å². The van der Waals surface area contributed by atoms with Gasteiger partial charge >= 0.3 is 0 Å². The molecule has 1 amide bonds. The zero-order valence-corrected chi connectivity index (χ0v) is 10.9. The minimum Gasteiger partial charge on any atom is -0.352 e. The van der Waals surface area contributed by atoms with Gasteiger partial charge in [0.2, 0.25) is 5.91 Å². The fourth-order valence-corrected chi connectivity index (χ4v) is 2.26. The van der Waals surface area contributed by atoms with E-state index in [1.807, 2.05) is 37.3 Å². The van der Waals surface area contributed by atoms with Crippen LogP contribution < -0.4 is 5.32 Å². The Kier molecular flexibility index (Phi) is 5.77. The molecule has 4 heteroatoms. The Bertz CT molecular complexity index is 378. The molecule has 0 aromatic heterocycles. The summed E-state index contributed by atoms with van der Waals surface area (Å²) >= 11 is 1.20. The third kappa shape index (κ3) is 6.12. The highest BCUT2D eigenvalue weighted by atomic mass is 32.2. The highest BCUT2D eigenvalue weighted by Crippen LogP contribution is 2.14. The van der Waals surface area contributed by atoms with Gasteiger partial charge in [-0.25, -0.2) is 0 Å². The normalized spacial score (nSPS) is 11.9. The van der Waals surface area contributed by atoms with Crippen molar-refractivity contribution in [2.75, 3.05) is 0 Å². The highest BCUT2D eigenvalue weighted by Gasteiger charge is 2.11. The van der Waals surface area contributed by atoms with Crippen LogP contribution in [0.15, 0.2) is 30.3 Å². The van der Waals surface area contributed by atoms with Crippen LogP contribution in [-0.2, 0) is 16.1 Å². The molecular weight excluding hydrogens is 234 g/mol. The van der Waals surface area contributed by atoms with Crippen molar-refractivity contribution in [3.8, 4) is 0 Å². The second kappa shape index (κ2) is 7.12. The Hall–Kier alpha value is -1.29. The predicted octanol–water partition coefficient (Wildman–Crippen LogP) is 2.36. The van der Waals surface area contributed by atoms with E-state index < -0.39 is 0 Å². The monoisotopic (exact) mass is 251 g/mol. The SMILES string of the molecule is CC(=O)S[C@@H](C)CC(=O)NCc1ccccc1. The second-order valence-corrected chi connectivity index (χ2v) is 5.50. The number of hydrogen-bond donors (Lipinski definition) is 1. The van der Waals surface area contributed by atoms with Crippen molar-refractivity contribution in [2.24, 2.45) is 0 Å². The number of nitrogens with one attached hydrogen (secondary N) is 1. The zero-order chi connectivity index (χ0) is 12.7. The van der Waals surface area contributed by atoms with Crippen molar-refractivity contribution in [1.82, 2.24) is 5.32 Å². The molecule has 0 saturated carbocycles. The second-order valence-electron chi connectivity index (χ2n) is 3.89. The van der Waals surface area contributed by atoms with Gasteiger partial charge in [-0.2, -0.15) is 0 Å². The van der Waals surface area contributed by atoms with Gasteiger partial charge < -0.3 is 5.32 Å². The van der Waals surface area contributed by atoms with Crippen molar-refractivity contribution in [3.63, 3.8) is 0 Å². The standard InChI is InChI=1S/C13H17NO2S/c1-10(17-11(2)15)8-13(16)14-9-12-6-4-3-5-7-12/h3-7,10H,8-9H2,1-2H3,(H,14,16)/t10-/m0/s1. The molecular formula is C13H17NO2S. The first kappa shape index (κ1) is 13.8. The van der Waals surface area contributed by atoms with E-state index in [9.17, 15) is 9.59 Å². The predicted molar refractivity (Wildman–Crippen MR) is 70.6 cm³/mol. The summed E-state index contributed by atoms with van der Waals surface area (Å²) in [6.07, 6.45) is 0.372. The lowest BCUT2D eigenvalue weighted by Crippen LogP contribution is -2.25. The lowest BCUT2D eigenvalue weighted by molar-refractivity contribution is -0.121. The molecule has 0 fully saturated rings. The van der Waals surface area contributed by atoms with Crippen LogP contribution in [0, 0.1) is 0 Å². The molecule has 92 valence electrons. The van der Waals surface area contributed by atoms with E-state index in [0.717, 1.165) is 5.56 Å². The molecule has 1 N–H and O–H groups in total. The van der Waals surface area contributed by atoms with E-state index >= 15 is 0 Å². The molecule has 1 atom stereocenters. The average Bonchev–Trinajstić information content (AvgIpc) is 2.26. The molecule has 1 aromatic carbocycles. The van der Waals surface area contributed by atoms with E-state index in [0.29, 0.717) is 13.0 Å². The number of carbonyl (C=O) groups excluding carboxylic acids is 2. The van der Waals surface area contributed by atoms with Crippen LogP contribution in [0.1, 0.15) is 25.8 Å². The van der Waals surface area contributed by atoms with Gasteiger partial charge in [-0.15, -0.1) is 0 Å². The summed E-state index contributed by atoms with van der Waals surface area (Å²) in [7, 11) is 0. The minimum atomic E-state index is -0.0184. The maximum absolute atomic E-state index is 11.6. The largest absolute Gasteiger partial charge is 0.352 e. The van der Waals surface area contributed by atoms with Crippen molar-refractivity contribution < 1.29 is 9.59 Å². The number of amides is 1. The molecule has 0 heterocycles. The Morgan fingerprint density at radius 3 is 2.53 bits per heavy atom. The quantitative estimate of drug-likeness (QED) is 0.874. The summed E-state index contributed by atoms with van der Waals surface area (Å²) in [6, 6.07) is 9.75. The Balaban J connectivity index is 2.28. The zero-order valence-electron chi connectivity index (χ0n) is 10.1. The Morgan fingerprint density at radius 1 is 1.29 bits per heavy atom. The van der Waals surface area contributed by atoms with Gasteiger partial charge in [0.25, 0.3) is 0 Å². The summed E-state index contributed by atoms with van der Waals surface area (Å²) in [5, 5.41) is 2.92. The third-order valence-corrected chi connectivity index (χ3v) is 3.07. The van der Waals surface area contributed by atoms with Gasteiger partial charge in [0.05, 0.1) is 0 Å². The number of hydrogen-bond acceptors (Lipinski definition) is 3. The molecule has 0 aliphatic heterocycles. The lowest BCUT2D eigenvalue weighted by atomic mass is 10.2. The topological polar surface area (TPSA) is 46.2 Å². The smallest absolute Gasteiger partial charge is 0.221 e. The van der Waals surface area contributed by atoms with Crippen molar-refractivity contribution in [3.05, 3.63) is 35.9 Å². The van der Waals surface area contributed by atoms with Crippen LogP contribution in [-0.4, -0.2) is 16.3 Å². The highest BCUT2D eigenvalue weighted by molar-refractivity contribution is 8.14. The molecule has 0 spiro atoms. The van der Waals surface area contributed by atoms with Gasteiger partial charge in [-0.1, -0.05) is 49.0 Å². The van der Waals surface area contributed by atoms with E-state index in [1.54, 1.807) is 0 Å². The summed E-state index contributed by atoms with van der Waals surface area (Å²) in [5.74, 6) is -0.0184. The van der Waals surface area contributed by atoms with Crippen molar-refractivity contribution >= 4 is 22.8 Å². The number of thioether (sulfide) groups is 1. The molecule has 1 rings (SSSR count). The molecule has 0 aliphatic rings. The average molecular weight is 251 g/mol. The van der Waals surface area contributed by atoms with E-state index in [1.165, 1.54) is 18.7 Å². The lowest BCUT2D eigenvalue weighted by Gasteiger charge is -2.09. The van der Waals surface area contributed by atoms with E-state index in [-0.39, 0.29) is 16.3 Å². The first-order valence-electron chi connectivity index (χ1n) is 5.56. The molecule has 0 unspecified atom stereocenters. The molecule has 0 aliphatic carbocycles. The minimum absolute atomic E-state index is 0.0184. The fourth-order valence-electron chi connectivity index (χ4n) is 1.45. The maximum Gasteiger partial charge on any atom is 0.221 e. The molecule has 0 saturated heterocycles. The van der Waals surface area contributed by atoms with Crippen LogP contribution in [0.4, 0.5) is 0 Å². The van der Waals surface area contributed by atoms with Gasteiger partial charge in [0, 0.05) is 25.1 Å². The van der Waals surface area contributed by atoms with Gasteiger partial charge in [0.15, 0.2) is 5.12 Å². The fraction of sp³-hybridized carbons (Fsp3) is 0.385. The Morgan fingerprint density at radius 2 is 1.94 bits per heavy atom. The first-order valence-corrected chi connectivity index (χ1v) is 6.43. The summed E-state index contributed by atoms with van der Waals surface area (Å²) in [5.41, 5.74) is 1.08. The van der Waals surface area contributed by atoms with Crippen LogP contribution in [0.25, 0.3) is 0 Å². The molecule has 3 nitrogen and oxygen atoms in total. The van der Waals surface area contributed by atoms with Crippen LogP contribution in [0.2, 0.25) is 0 Å². The molecule has 0 radical (unpaired) electrons. The van der Waals surface area contributed by atoms with Gasteiger partial charge in [0.1, 0.15) is 0 Å². The first-order chi connectivity index (χ1) is 8.08. The van der Waals surface area contributed by atoms with E-state index in [4.69, 9.17) is 0 Å². The number of rotatable bonds is 5. The van der Waals surface area contributed by atoms with E-state index in [2.05, 4.69) is 5.32 Å². The summed E-state index contributed by atoms with van der Waals surface area (Å²) in [6.45, 7) is 3.94. The van der Waals surface area contributed by atoms with Gasteiger partial charge in [-0.05, 0) is 5.56 Å². The van der Waals surface area contributed by atoms with Crippen molar-refractivity contribution in [1.29, 1.82) is 0 Å². The summed E-state index contributed by atoms with van der Waals surface area (Å²) < 4.78 is 0. The molecule has 1 aromatic rings. The number of carbonyl (C=O) groups is 2. The maximum atomic E-state index is 11.6. The van der Waals surface area contributed by atoms with Crippen LogP contribution >= 0.6 is 11.8 Å². The molecule has 0 bridgehead atoms. The molecule has 17 heavy (non-hydrogen) atoms. The summed E-state index contributed by atoms with van der Waals surface area (Å²) in [4.78, 5) is 22.4. The number of benzene rings is 1.